The normalized spacial score (nSPS) is 43.9. The van der Waals surface area contributed by atoms with Crippen LogP contribution in [0.4, 0.5) is 0 Å². The summed E-state index contributed by atoms with van der Waals surface area (Å²) in [5.41, 5.74) is 1.19. The lowest BCUT2D eigenvalue weighted by Gasteiger charge is -2.63. The Bertz CT molecular complexity index is 3380. The van der Waals surface area contributed by atoms with Gasteiger partial charge in [0.2, 0.25) is 0 Å². The quantitative estimate of drug-likeness (QED) is 0.0871. The second-order valence-corrected chi connectivity index (χ2v) is 38.7. The van der Waals surface area contributed by atoms with E-state index in [9.17, 15) is 29.7 Å². The molecule has 0 saturated heterocycles. The number of ether oxygens (including phenoxy) is 3. The van der Waals surface area contributed by atoms with Crippen LogP contribution in [0.3, 0.4) is 0 Å². The van der Waals surface area contributed by atoms with Crippen molar-refractivity contribution >= 4 is 33.3 Å². The maximum Gasteiger partial charge on any atom is 0.157 e. The number of aliphatic hydroxyl groups is 4. The molecule has 2 heterocycles. The van der Waals surface area contributed by atoms with Gasteiger partial charge in [-0.25, -0.2) is 0 Å². The third-order valence-electron chi connectivity index (χ3n) is 34.0. The fourth-order valence-corrected chi connectivity index (χ4v) is 30.0. The molecule has 5 N–H and O–H groups in total. The van der Waals surface area contributed by atoms with Crippen molar-refractivity contribution in [2.75, 3.05) is 52.1 Å². The highest BCUT2D eigenvalue weighted by Crippen LogP contribution is 2.77. The van der Waals surface area contributed by atoms with E-state index in [4.69, 9.17) is 29.8 Å². The van der Waals surface area contributed by atoms with Crippen LogP contribution >= 0.6 is 15.9 Å². The minimum Gasteiger partial charge on any atom is -0.400 e. The van der Waals surface area contributed by atoms with Gasteiger partial charge in [0.05, 0.1) is 72.0 Å². The van der Waals surface area contributed by atoms with Crippen LogP contribution in [0.15, 0.2) is 24.8 Å². The molecule has 594 valence electrons. The zero-order valence-corrected chi connectivity index (χ0v) is 66.6. The standard InChI is InChI=1S/C30H43N3O3.C26H41BrO3.C26H42O3.C4H3N3.CH4O.2CH4/c1-3-36-19-29(35)12-13-30(21-4-5-21)22(14-29)6-7-23-24-8-9-26(28(24,2)11-10-25(23)30)27(34)18-33-17-20(15-31)16-32-33;1-3-30-16-25(29)12-13-26(17-4-5-17)18(14-25)6-7-19-20-8-9-22(23(28)15-27)24(20,2)11-10-21(19)26;1-4-29-16-25(28)13-14-26(18-5-6-18)19(15-25)7-8-20-22-10-9-21(17(2)27)24(22,3)12-11-23(20)26;5-1-4-2-6-7-3-4;1-2;;/h16-17,21-26,35H,3-14,18-19H2,1-2H3;17-22,29H,3-16H2,1-2H3;18-23,28H,4-16H2,1-3H3;2-3H,(H,6,7);2H,1H3;2*1H4/t22-,23+,24+,25+,26-,28+,29-,30-;18-,19+,20+,21+,22-,24+,25-,26-;19-,20+,21-,22+,23+,24-,25-,26-;;;;/m111..../s1. The molecule has 15 fully saturated rings. The number of ketones is 3. The number of H-pyrrole nitrogens is 1. The van der Waals surface area contributed by atoms with Gasteiger partial charge in [0.15, 0.2) is 5.78 Å². The number of Topliss-reactive ketones (excluding diaryl/α,β-unsaturated/α-hetero) is 3. The molecule has 0 aliphatic heterocycles. The first kappa shape index (κ1) is 83.5. The average Bonchev–Trinajstić information content (AvgIpc) is 1.50. The molecule has 15 saturated carbocycles. The average molecular weight is 1540 g/mol. The Labute approximate surface area is 646 Å². The number of aliphatic hydroxyl groups excluding tert-OH is 1. The summed E-state index contributed by atoms with van der Waals surface area (Å²) in [5, 5.41) is 69.0. The number of fused-ring (bicyclic) bond motifs is 15. The maximum absolute atomic E-state index is 13.5. The SMILES string of the molecule is C.C.CCOC[C@@]1(O)CC[C@@]2(C3CC3)[C@H](CC[C@H]3[C@@H]4CC[C@H](C(=O)CBr)[C@@]4(C)CC[C@@H]32)C1.CCOC[C@@]1(O)CC[C@@]2(C3CC3)[C@H](CC[C@H]3[C@@H]4CC[C@H](C(=O)Cn5cc(C#N)cn5)[C@@]4(C)CC[C@@H]32)C1.CCOC[C@@]1(O)CC[C@@]2(C3CC3)[C@H](CC[C@H]3[C@@H]4CC[C@H](C(C)=O)[C@@]4(C)CC[C@@H]32)C1.CO.N#Cc1cn[nH]c1. The van der Waals surface area contributed by atoms with Gasteiger partial charge in [-0.1, -0.05) is 51.6 Å². The number of hydrogen-bond acceptors (Lipinski definition) is 14. The molecule has 17 rings (SSSR count). The van der Waals surface area contributed by atoms with Gasteiger partial charge in [0.25, 0.3) is 0 Å². The van der Waals surface area contributed by atoms with E-state index in [0.29, 0.717) is 119 Å². The minimum atomic E-state index is -0.641. The molecule has 15 aliphatic rings. The number of rotatable bonds is 18. The lowest BCUT2D eigenvalue weighted by molar-refractivity contribution is -0.180. The number of nitriles is 2. The van der Waals surface area contributed by atoms with Gasteiger partial charge < -0.3 is 34.6 Å². The fraction of sp³-hybridized carbons (Fsp3) is 0.876. The van der Waals surface area contributed by atoms with Crippen LogP contribution in [-0.2, 0) is 35.1 Å². The number of hydrogen-bond donors (Lipinski definition) is 5. The van der Waals surface area contributed by atoms with E-state index in [-0.39, 0.29) is 49.5 Å². The number of alkyl halides is 1. The van der Waals surface area contributed by atoms with E-state index in [0.717, 1.165) is 136 Å². The van der Waals surface area contributed by atoms with Crippen LogP contribution in [0.2, 0.25) is 0 Å². The predicted molar refractivity (Wildman–Crippen MR) is 417 cm³/mol. The Morgan fingerprint density at radius 2 is 0.849 bits per heavy atom. The van der Waals surface area contributed by atoms with Crippen LogP contribution in [0, 0.1) is 162 Å². The molecule has 2 aromatic rings. The van der Waals surface area contributed by atoms with Crippen molar-refractivity contribution in [2.24, 2.45) is 139 Å². The highest BCUT2D eigenvalue weighted by atomic mass is 79.9. The number of carbonyl (C=O) groups is 3. The number of carbonyl (C=O) groups excluding carboxylic acids is 3. The predicted octanol–water partition coefficient (Wildman–Crippen LogP) is 17.5. The molecule has 0 aromatic carbocycles. The molecule has 2 aromatic heterocycles. The first-order valence-corrected chi connectivity index (χ1v) is 43.4. The van der Waals surface area contributed by atoms with Crippen molar-refractivity contribution in [2.45, 2.75) is 299 Å². The van der Waals surface area contributed by atoms with Crippen molar-refractivity contribution in [1.82, 2.24) is 20.0 Å². The van der Waals surface area contributed by atoms with Gasteiger partial charge >= 0.3 is 0 Å². The van der Waals surface area contributed by atoms with Gasteiger partial charge in [-0.3, -0.25) is 24.2 Å². The van der Waals surface area contributed by atoms with E-state index in [1.165, 1.54) is 154 Å². The summed E-state index contributed by atoms with van der Waals surface area (Å²) in [4.78, 5) is 38.6. The molecule has 17 heteroatoms. The maximum atomic E-state index is 13.5. The summed E-state index contributed by atoms with van der Waals surface area (Å²) in [6, 6.07) is 4.03. The number of nitrogens with one attached hydrogen (secondary N) is 1. The topological polar surface area (TPSA) is 254 Å². The largest absolute Gasteiger partial charge is 0.400 e. The van der Waals surface area contributed by atoms with Gasteiger partial charge in [0.1, 0.15) is 23.7 Å². The highest BCUT2D eigenvalue weighted by Gasteiger charge is 2.70. The van der Waals surface area contributed by atoms with Crippen LogP contribution in [0.5, 0.6) is 0 Å². The first-order chi connectivity index (χ1) is 50.0. The Hall–Kier alpha value is -3.39. The first-order valence-electron chi connectivity index (χ1n) is 42.3. The van der Waals surface area contributed by atoms with E-state index >= 15 is 0 Å². The van der Waals surface area contributed by atoms with Crippen molar-refractivity contribution in [3.05, 3.63) is 35.9 Å². The zero-order chi connectivity index (χ0) is 73.8. The summed E-state index contributed by atoms with van der Waals surface area (Å²) in [6.07, 6.45) is 46.1. The Balaban J connectivity index is 0.000000149. The van der Waals surface area contributed by atoms with Gasteiger partial charge in [-0.05, 0) is 361 Å². The van der Waals surface area contributed by atoms with Gasteiger partial charge in [-0.2, -0.15) is 20.7 Å². The molecule has 0 bridgehead atoms. The molecular weight excluding hydrogens is 1390 g/mol. The summed E-state index contributed by atoms with van der Waals surface area (Å²) >= 11 is 3.46. The van der Waals surface area contributed by atoms with Crippen LogP contribution in [0.1, 0.15) is 286 Å². The molecular formula is C89H141BrN6O10. The zero-order valence-electron chi connectivity index (χ0n) is 65.0. The Kier molecular flexibility index (Phi) is 26.3. The Morgan fingerprint density at radius 3 is 1.16 bits per heavy atom. The number of aromatic amines is 1. The highest BCUT2D eigenvalue weighted by molar-refractivity contribution is 9.09. The van der Waals surface area contributed by atoms with E-state index in [2.05, 4.69) is 58.1 Å². The molecule has 0 amide bonds. The third-order valence-corrected chi connectivity index (χ3v) is 34.6. The minimum absolute atomic E-state index is 0. The van der Waals surface area contributed by atoms with E-state index in [1.54, 1.807) is 23.3 Å². The molecule has 24 atom stereocenters. The summed E-state index contributed by atoms with van der Waals surface area (Å²) in [5.74, 6) is 13.5. The van der Waals surface area contributed by atoms with Crippen LogP contribution in [0.25, 0.3) is 0 Å². The summed E-state index contributed by atoms with van der Waals surface area (Å²) < 4.78 is 18.8. The monoisotopic (exact) mass is 1530 g/mol. The molecule has 106 heavy (non-hydrogen) atoms. The van der Waals surface area contributed by atoms with E-state index < -0.39 is 16.8 Å². The number of nitrogens with zero attached hydrogens (tertiary/aromatic N) is 5. The van der Waals surface area contributed by atoms with E-state index in [1.807, 2.05) is 33.8 Å². The van der Waals surface area contributed by atoms with Gasteiger partial charge in [-0.15, -0.1) is 0 Å². The second-order valence-electron chi connectivity index (χ2n) is 38.1. The fourth-order valence-electron chi connectivity index (χ4n) is 29.6. The van der Waals surface area contributed by atoms with Crippen molar-refractivity contribution < 1.29 is 49.0 Å². The summed E-state index contributed by atoms with van der Waals surface area (Å²) in [6.45, 7) is 19.1. The second kappa shape index (κ2) is 33.4. The summed E-state index contributed by atoms with van der Waals surface area (Å²) in [7, 11) is 1.00. The van der Waals surface area contributed by atoms with Crippen molar-refractivity contribution in [1.29, 1.82) is 10.5 Å². The third kappa shape index (κ3) is 15.2. The molecule has 0 spiro atoms. The molecule has 0 unspecified atom stereocenters. The van der Waals surface area contributed by atoms with Crippen molar-refractivity contribution in [3.63, 3.8) is 0 Å². The van der Waals surface area contributed by atoms with Crippen LogP contribution in [-0.4, -0.2) is 127 Å². The van der Waals surface area contributed by atoms with Crippen LogP contribution < -0.4 is 0 Å². The molecule has 16 nitrogen and oxygen atoms in total. The smallest absolute Gasteiger partial charge is 0.157 e. The van der Waals surface area contributed by atoms with Crippen molar-refractivity contribution in [3.8, 4) is 12.1 Å². The lowest BCUT2D eigenvalue weighted by Crippen LogP contribution is -2.59. The Morgan fingerprint density at radius 1 is 0.491 bits per heavy atom. The number of halogens is 1. The number of aromatic nitrogens is 4. The van der Waals surface area contributed by atoms with Gasteiger partial charge in [0, 0.05) is 57.1 Å². The lowest BCUT2D eigenvalue weighted by atomic mass is 9.42. The molecule has 15 aliphatic carbocycles. The molecule has 0 radical (unpaired) electrons.